The Morgan fingerprint density at radius 3 is 2.84 bits per heavy atom. The maximum Gasteiger partial charge on any atom is 0.272 e. The van der Waals surface area contributed by atoms with Gasteiger partial charge in [-0.1, -0.05) is 0 Å². The van der Waals surface area contributed by atoms with Gasteiger partial charge in [-0.25, -0.2) is 0 Å². The van der Waals surface area contributed by atoms with Crippen LogP contribution in [0.2, 0.25) is 0 Å². The summed E-state index contributed by atoms with van der Waals surface area (Å²) >= 11 is 3.41. The molecular weight excluding hydrogens is 382 g/mol. The van der Waals surface area contributed by atoms with Crippen LogP contribution in [-0.4, -0.2) is 15.5 Å². The SMILES string of the molecule is CCn1cc(Br)cc1C(=O)Nc1ccc(Oc2cccnc2)c(C)c1. The van der Waals surface area contributed by atoms with E-state index in [0.717, 1.165) is 28.0 Å². The van der Waals surface area contributed by atoms with Gasteiger partial charge in [-0.2, -0.15) is 0 Å². The van der Waals surface area contributed by atoms with Crippen LogP contribution < -0.4 is 10.1 Å². The van der Waals surface area contributed by atoms with Crippen molar-refractivity contribution in [2.75, 3.05) is 5.32 Å². The Hall–Kier alpha value is -2.60. The number of carbonyl (C=O) groups is 1. The summed E-state index contributed by atoms with van der Waals surface area (Å²) in [7, 11) is 0. The number of rotatable bonds is 5. The van der Waals surface area contributed by atoms with Gasteiger partial charge in [0.15, 0.2) is 0 Å². The van der Waals surface area contributed by atoms with Crippen LogP contribution in [0.3, 0.4) is 0 Å². The van der Waals surface area contributed by atoms with Crippen molar-refractivity contribution in [3.63, 3.8) is 0 Å². The summed E-state index contributed by atoms with van der Waals surface area (Å²) in [6.07, 6.45) is 5.25. The average Bonchev–Trinajstić information content (AvgIpc) is 2.99. The van der Waals surface area contributed by atoms with Gasteiger partial charge in [0, 0.05) is 29.1 Å². The number of halogens is 1. The van der Waals surface area contributed by atoms with Gasteiger partial charge in [-0.05, 0) is 71.7 Å². The summed E-state index contributed by atoms with van der Waals surface area (Å²) in [5, 5.41) is 2.93. The highest BCUT2D eigenvalue weighted by molar-refractivity contribution is 9.10. The molecule has 0 bridgehead atoms. The number of carbonyl (C=O) groups excluding carboxylic acids is 1. The molecule has 2 aromatic heterocycles. The van der Waals surface area contributed by atoms with Gasteiger partial charge in [-0.3, -0.25) is 9.78 Å². The zero-order valence-corrected chi connectivity index (χ0v) is 15.6. The number of hydrogen-bond donors (Lipinski definition) is 1. The predicted molar refractivity (Wildman–Crippen MR) is 101 cm³/mol. The molecule has 6 heteroatoms. The summed E-state index contributed by atoms with van der Waals surface area (Å²) < 4.78 is 8.59. The summed E-state index contributed by atoms with van der Waals surface area (Å²) in [5.41, 5.74) is 2.26. The molecular formula is C19H18BrN3O2. The second-order valence-corrected chi connectivity index (χ2v) is 6.47. The Morgan fingerprint density at radius 1 is 1.32 bits per heavy atom. The zero-order valence-electron chi connectivity index (χ0n) is 14.0. The minimum atomic E-state index is -0.145. The molecule has 128 valence electrons. The van der Waals surface area contributed by atoms with E-state index in [1.165, 1.54) is 0 Å². The first-order valence-corrected chi connectivity index (χ1v) is 8.71. The van der Waals surface area contributed by atoms with E-state index in [0.29, 0.717) is 11.4 Å². The van der Waals surface area contributed by atoms with E-state index in [1.807, 2.05) is 61.0 Å². The van der Waals surface area contributed by atoms with Crippen molar-refractivity contribution >= 4 is 27.5 Å². The fraction of sp³-hybridized carbons (Fsp3) is 0.158. The fourth-order valence-electron chi connectivity index (χ4n) is 2.50. The molecule has 3 aromatic rings. The van der Waals surface area contributed by atoms with Crippen LogP contribution in [0, 0.1) is 6.92 Å². The molecule has 1 amide bonds. The lowest BCUT2D eigenvalue weighted by molar-refractivity contribution is 0.101. The van der Waals surface area contributed by atoms with Crippen molar-refractivity contribution < 1.29 is 9.53 Å². The average molecular weight is 400 g/mol. The Bertz CT molecular complexity index is 891. The topological polar surface area (TPSA) is 56.2 Å². The number of anilines is 1. The standard InChI is InChI=1S/C19H18BrN3O2/c1-3-23-12-14(20)10-17(23)19(24)22-15-6-7-18(13(2)9-15)25-16-5-4-8-21-11-16/h4-12H,3H2,1-2H3,(H,22,24). The van der Waals surface area contributed by atoms with Crippen molar-refractivity contribution in [3.05, 3.63) is 70.7 Å². The van der Waals surface area contributed by atoms with Gasteiger partial charge in [0.25, 0.3) is 5.91 Å². The van der Waals surface area contributed by atoms with E-state index in [2.05, 4.69) is 26.2 Å². The van der Waals surface area contributed by atoms with Crippen LogP contribution >= 0.6 is 15.9 Å². The molecule has 0 unspecified atom stereocenters. The molecule has 0 saturated heterocycles. The summed E-state index contributed by atoms with van der Waals surface area (Å²) in [6, 6.07) is 11.0. The predicted octanol–water partition coefficient (Wildman–Crippen LogP) is 5.02. The lowest BCUT2D eigenvalue weighted by Crippen LogP contribution is -2.16. The molecule has 1 N–H and O–H groups in total. The number of aryl methyl sites for hydroxylation is 2. The molecule has 0 aliphatic heterocycles. The highest BCUT2D eigenvalue weighted by atomic mass is 79.9. The summed E-state index contributed by atoms with van der Waals surface area (Å²) in [6.45, 7) is 4.66. The van der Waals surface area contributed by atoms with Crippen molar-refractivity contribution in [1.29, 1.82) is 0 Å². The number of hydrogen-bond acceptors (Lipinski definition) is 3. The molecule has 5 nitrogen and oxygen atoms in total. The first-order valence-electron chi connectivity index (χ1n) is 7.92. The summed E-state index contributed by atoms with van der Waals surface area (Å²) in [5.74, 6) is 1.26. The van der Waals surface area contributed by atoms with E-state index in [-0.39, 0.29) is 5.91 Å². The van der Waals surface area contributed by atoms with E-state index in [9.17, 15) is 4.79 Å². The van der Waals surface area contributed by atoms with Crippen molar-refractivity contribution in [1.82, 2.24) is 9.55 Å². The Balaban J connectivity index is 1.75. The van der Waals surface area contributed by atoms with Crippen LogP contribution in [0.15, 0.2) is 59.5 Å². The van der Waals surface area contributed by atoms with Crippen molar-refractivity contribution in [3.8, 4) is 11.5 Å². The van der Waals surface area contributed by atoms with Crippen molar-refractivity contribution in [2.24, 2.45) is 0 Å². The van der Waals surface area contributed by atoms with Gasteiger partial charge in [0.2, 0.25) is 0 Å². The molecule has 1 aromatic carbocycles. The molecule has 0 fully saturated rings. The fourth-order valence-corrected chi connectivity index (χ4v) is 2.96. The molecule has 0 atom stereocenters. The third-order valence-electron chi connectivity index (χ3n) is 3.73. The van der Waals surface area contributed by atoms with Crippen LogP contribution in [-0.2, 0) is 6.54 Å². The zero-order chi connectivity index (χ0) is 17.8. The molecule has 3 rings (SSSR count). The number of nitrogens with one attached hydrogen (secondary N) is 1. The quantitative estimate of drug-likeness (QED) is 0.655. The third-order valence-corrected chi connectivity index (χ3v) is 4.17. The van der Waals surface area contributed by atoms with Gasteiger partial charge in [0.1, 0.15) is 17.2 Å². The van der Waals surface area contributed by atoms with Crippen molar-refractivity contribution in [2.45, 2.75) is 20.4 Å². The number of pyridine rings is 1. The molecule has 2 heterocycles. The molecule has 0 radical (unpaired) electrons. The Labute approximate surface area is 154 Å². The van der Waals surface area contributed by atoms with Crippen LogP contribution in [0.4, 0.5) is 5.69 Å². The molecule has 0 saturated carbocycles. The van der Waals surface area contributed by atoms with Gasteiger partial charge < -0.3 is 14.6 Å². The van der Waals surface area contributed by atoms with E-state index in [4.69, 9.17) is 4.74 Å². The van der Waals surface area contributed by atoms with E-state index >= 15 is 0 Å². The maximum atomic E-state index is 12.5. The van der Waals surface area contributed by atoms with Crippen LogP contribution in [0.5, 0.6) is 11.5 Å². The van der Waals surface area contributed by atoms with Crippen LogP contribution in [0.1, 0.15) is 23.0 Å². The minimum absolute atomic E-state index is 0.145. The smallest absolute Gasteiger partial charge is 0.272 e. The minimum Gasteiger partial charge on any atom is -0.455 e. The Kier molecular flexibility index (Phi) is 5.19. The molecule has 0 aliphatic carbocycles. The lowest BCUT2D eigenvalue weighted by atomic mass is 10.2. The van der Waals surface area contributed by atoms with Crippen LogP contribution in [0.25, 0.3) is 0 Å². The van der Waals surface area contributed by atoms with Gasteiger partial charge in [-0.15, -0.1) is 0 Å². The number of nitrogens with zero attached hydrogens (tertiary/aromatic N) is 2. The highest BCUT2D eigenvalue weighted by Gasteiger charge is 2.13. The normalized spacial score (nSPS) is 10.5. The number of ether oxygens (including phenoxy) is 1. The molecule has 0 aliphatic rings. The van der Waals surface area contributed by atoms with Gasteiger partial charge in [0.05, 0.1) is 6.20 Å². The third kappa shape index (κ3) is 4.09. The van der Waals surface area contributed by atoms with E-state index < -0.39 is 0 Å². The second kappa shape index (κ2) is 7.53. The second-order valence-electron chi connectivity index (χ2n) is 5.55. The lowest BCUT2D eigenvalue weighted by Gasteiger charge is -2.11. The number of amides is 1. The monoisotopic (exact) mass is 399 g/mol. The number of benzene rings is 1. The summed E-state index contributed by atoms with van der Waals surface area (Å²) in [4.78, 5) is 16.5. The highest BCUT2D eigenvalue weighted by Crippen LogP contribution is 2.27. The maximum absolute atomic E-state index is 12.5. The van der Waals surface area contributed by atoms with E-state index in [1.54, 1.807) is 12.4 Å². The number of aromatic nitrogens is 2. The van der Waals surface area contributed by atoms with Gasteiger partial charge >= 0.3 is 0 Å². The molecule has 0 spiro atoms. The molecule has 25 heavy (non-hydrogen) atoms. The Morgan fingerprint density at radius 2 is 2.16 bits per heavy atom. The first-order chi connectivity index (χ1) is 12.1. The largest absolute Gasteiger partial charge is 0.455 e. The first kappa shape index (κ1) is 17.2.